The first-order valence-corrected chi connectivity index (χ1v) is 27.9. The fraction of sp³-hybridized carbons (Fsp3) is 0.143. The highest BCUT2D eigenvalue weighted by Gasteiger charge is 2.53. The fourth-order valence-corrected chi connectivity index (χ4v) is 14.5. The van der Waals surface area contributed by atoms with Gasteiger partial charge >= 0.3 is 0 Å². The van der Waals surface area contributed by atoms with E-state index in [1.165, 1.54) is 5.56 Å². The summed E-state index contributed by atoms with van der Waals surface area (Å²) in [7, 11) is 0. The van der Waals surface area contributed by atoms with E-state index in [1.54, 1.807) is 16.3 Å². The molecule has 2 atom stereocenters. The van der Waals surface area contributed by atoms with Gasteiger partial charge in [-0.05, 0) is 166 Å². The number of para-hydroxylation sites is 2. The zero-order chi connectivity index (χ0) is 64.7. The lowest BCUT2D eigenvalue weighted by molar-refractivity contribution is 0.590. The maximum absolute atomic E-state index is 9.80. The summed E-state index contributed by atoms with van der Waals surface area (Å²) in [6.07, 6.45) is 0. The van der Waals surface area contributed by atoms with Gasteiger partial charge < -0.3 is 4.57 Å². The van der Waals surface area contributed by atoms with Gasteiger partial charge in [0.05, 0.1) is 34.3 Å². The van der Waals surface area contributed by atoms with Gasteiger partial charge in [0.1, 0.15) is 0 Å². The van der Waals surface area contributed by atoms with Crippen LogP contribution in [0, 0.1) is 0 Å². The highest BCUT2D eigenvalue weighted by molar-refractivity contribution is 7.99. The molecule has 0 radical (unpaired) electrons. The fourth-order valence-electron chi connectivity index (χ4n) is 13.3. The molecule has 2 unspecified atom stereocenters. The molecule has 0 bridgehead atoms. The molecule has 2 heterocycles. The molecular formula is C77H61NS. The Morgan fingerprint density at radius 1 is 0.392 bits per heavy atom. The van der Waals surface area contributed by atoms with Crippen LogP contribution in [0.4, 0.5) is 0 Å². The Bertz CT molecular complexity index is 5080. The van der Waals surface area contributed by atoms with Crippen molar-refractivity contribution in [3.05, 3.63) is 315 Å². The highest BCUT2D eigenvalue weighted by Crippen LogP contribution is 2.65. The minimum Gasteiger partial charge on any atom is -0.309 e. The molecule has 2 heteroatoms. The van der Waals surface area contributed by atoms with Gasteiger partial charge in [-0.3, -0.25) is 0 Å². The van der Waals surface area contributed by atoms with Crippen molar-refractivity contribution < 1.29 is 17.8 Å². The summed E-state index contributed by atoms with van der Waals surface area (Å²) in [6, 6.07) is 53.7. The second-order valence-electron chi connectivity index (χ2n) is 23.4. The van der Waals surface area contributed by atoms with Crippen molar-refractivity contribution in [1.29, 1.82) is 0 Å². The van der Waals surface area contributed by atoms with E-state index in [2.05, 4.69) is 175 Å². The van der Waals surface area contributed by atoms with Crippen molar-refractivity contribution in [3.63, 3.8) is 0 Å². The predicted octanol–water partition coefficient (Wildman–Crippen LogP) is 20.2. The van der Waals surface area contributed by atoms with Gasteiger partial charge in [0.15, 0.2) is 0 Å². The van der Waals surface area contributed by atoms with Crippen molar-refractivity contribution in [1.82, 2.24) is 4.57 Å². The number of aromatic nitrogens is 1. The highest BCUT2D eigenvalue weighted by atomic mass is 32.2. The lowest BCUT2D eigenvalue weighted by Gasteiger charge is -2.51. The minimum absolute atomic E-state index is 0.00325. The Labute approximate surface area is 487 Å². The molecule has 11 aromatic carbocycles. The molecule has 0 N–H and O–H groups in total. The molecule has 1 nitrogen and oxygen atoms in total. The first kappa shape index (κ1) is 35.9. The molecule has 15 rings (SSSR count). The topological polar surface area (TPSA) is 4.93 Å². The van der Waals surface area contributed by atoms with Crippen LogP contribution in [-0.2, 0) is 16.2 Å². The zero-order valence-electron chi connectivity index (χ0n) is 57.7. The van der Waals surface area contributed by atoms with Crippen molar-refractivity contribution in [2.75, 3.05) is 0 Å². The first-order valence-electron chi connectivity index (χ1n) is 33.6. The molecule has 1 spiro atoms. The molecule has 0 saturated carbocycles. The molecule has 12 aromatic rings. The molecule has 3 aliphatic rings. The zero-order valence-corrected chi connectivity index (χ0v) is 45.5. The Morgan fingerprint density at radius 3 is 1.67 bits per heavy atom. The van der Waals surface area contributed by atoms with E-state index in [-0.39, 0.29) is 50.3 Å². The number of nitrogens with zero attached hydrogens (tertiary/aromatic N) is 1. The normalized spacial score (nSPS) is 18.1. The molecule has 1 aromatic heterocycles. The van der Waals surface area contributed by atoms with Gasteiger partial charge in [0, 0.05) is 38.1 Å². The number of hydrogen-bond donors (Lipinski definition) is 0. The van der Waals surface area contributed by atoms with E-state index >= 15 is 0 Å². The maximum atomic E-state index is 9.80. The summed E-state index contributed by atoms with van der Waals surface area (Å²) in [5, 5.41) is -0.0626. The summed E-state index contributed by atoms with van der Waals surface area (Å²) in [5.41, 5.74) is 14.8. The summed E-state index contributed by atoms with van der Waals surface area (Å²) in [6.45, 7) is 13.2. The average Bonchev–Trinajstić information content (AvgIpc) is 0.942. The van der Waals surface area contributed by atoms with Gasteiger partial charge in [0.2, 0.25) is 0 Å². The van der Waals surface area contributed by atoms with Gasteiger partial charge in [-0.1, -0.05) is 247 Å². The lowest BCUT2D eigenvalue weighted by atomic mass is 9.53. The summed E-state index contributed by atoms with van der Waals surface area (Å²) < 4.78 is 123. The Balaban J connectivity index is 1.17. The molecule has 0 saturated heterocycles. The van der Waals surface area contributed by atoms with Crippen molar-refractivity contribution >= 4 is 33.6 Å². The Morgan fingerprint density at radius 2 is 0.975 bits per heavy atom. The number of rotatable bonds is 5. The SMILES string of the molecule is [2H]c1c([2H])c([2H])c(-c2cc3c4c(c2)C2(c5ccccc5Sc5ccccc52)c2cc(-c5cccc(C(C)(C)C)c5)ccc2C4c2ccc(-n4c5c([2H])c([2H])c([2H])c([2H])c5c5c([2H])c([2H])c([2H])c([2H])c54)cc2C3c2ccc(C(C)(C)C)cc2-c2ccccc2)c([2H])c1[2H]. The van der Waals surface area contributed by atoms with E-state index in [0.717, 1.165) is 93.2 Å². The van der Waals surface area contributed by atoms with Crippen LogP contribution in [0.5, 0.6) is 0 Å². The molecule has 1 aliphatic heterocycles. The van der Waals surface area contributed by atoms with E-state index in [0.29, 0.717) is 11.3 Å². The van der Waals surface area contributed by atoms with Gasteiger partial charge in [0.25, 0.3) is 0 Å². The molecule has 2 aliphatic carbocycles. The van der Waals surface area contributed by atoms with E-state index in [1.807, 2.05) is 36.4 Å². The lowest BCUT2D eigenvalue weighted by Crippen LogP contribution is -2.41. The molecular weight excluding hydrogens is 971 g/mol. The molecule has 79 heavy (non-hydrogen) atoms. The first-order chi connectivity index (χ1) is 43.8. The smallest absolute Gasteiger partial charge is 0.0729 e. The number of hydrogen-bond acceptors (Lipinski definition) is 1. The Hall–Kier alpha value is -8.43. The predicted molar refractivity (Wildman–Crippen MR) is 332 cm³/mol. The van der Waals surface area contributed by atoms with Gasteiger partial charge in [-0.2, -0.15) is 0 Å². The van der Waals surface area contributed by atoms with Gasteiger partial charge in [-0.15, -0.1) is 0 Å². The van der Waals surface area contributed by atoms with E-state index in [4.69, 9.17) is 6.85 Å². The van der Waals surface area contributed by atoms with Crippen LogP contribution in [0.3, 0.4) is 0 Å². The second-order valence-corrected chi connectivity index (χ2v) is 24.5. The summed E-state index contributed by atoms with van der Waals surface area (Å²) in [5.74, 6) is -1.28. The van der Waals surface area contributed by atoms with Crippen LogP contribution in [0.1, 0.15) is 138 Å². The minimum atomic E-state index is -1.11. The maximum Gasteiger partial charge on any atom is 0.0729 e. The third kappa shape index (κ3) is 7.30. The largest absolute Gasteiger partial charge is 0.309 e. The van der Waals surface area contributed by atoms with Crippen LogP contribution in [0.15, 0.2) is 258 Å². The van der Waals surface area contributed by atoms with E-state index < -0.39 is 83.7 Å². The monoisotopic (exact) mass is 1040 g/mol. The standard InChI is InChI=1S/C77H61NS/c1-75(2,3)53-27-21-26-50(42-53)51-36-39-60-66(44-51)77(64-30-15-19-34-70(64)79-71-35-20-16-31-65(71)77)67-45-52(48-22-9-7-10-23-48)43-63-72(58-40-37-54(76(4,5)6)46-61(58)49-24-11-8-12-25-49)62-47-55(38-41-59(62)73(60)74(63)67)78-68-32-17-13-28-56(68)57-29-14-18-33-69(57)78/h7-47,72-73H,1-6H3/i7D,9D,10D,13D,14D,17D,18D,22D,23D,28D,29D,32D,33D. The average molecular weight is 1050 g/mol. The van der Waals surface area contributed by atoms with Crippen LogP contribution >= 0.6 is 11.8 Å². The number of fused-ring (bicyclic) bond motifs is 13. The Kier molecular flexibility index (Phi) is 8.08. The summed E-state index contributed by atoms with van der Waals surface area (Å²) >= 11 is 1.71. The van der Waals surface area contributed by atoms with Crippen LogP contribution in [-0.4, -0.2) is 4.57 Å². The van der Waals surface area contributed by atoms with Crippen LogP contribution in [0.2, 0.25) is 0 Å². The van der Waals surface area contributed by atoms with Crippen molar-refractivity contribution in [3.8, 4) is 39.1 Å². The quantitative estimate of drug-likeness (QED) is 0.166. The third-order valence-corrected chi connectivity index (χ3v) is 18.1. The molecule has 380 valence electrons. The summed E-state index contributed by atoms with van der Waals surface area (Å²) in [4.78, 5) is 2.09. The third-order valence-electron chi connectivity index (χ3n) is 16.9. The molecule has 0 amide bonds. The second kappa shape index (κ2) is 17.8. The number of benzene rings is 11. The van der Waals surface area contributed by atoms with Gasteiger partial charge in [-0.25, -0.2) is 0 Å². The van der Waals surface area contributed by atoms with Crippen LogP contribution < -0.4 is 0 Å². The van der Waals surface area contributed by atoms with Crippen molar-refractivity contribution in [2.24, 2.45) is 0 Å². The van der Waals surface area contributed by atoms with E-state index in [9.17, 15) is 11.0 Å². The van der Waals surface area contributed by atoms with Crippen LogP contribution in [0.25, 0.3) is 60.9 Å². The van der Waals surface area contributed by atoms with Crippen molar-refractivity contribution in [2.45, 2.75) is 79.4 Å². The molecule has 0 fully saturated rings.